The van der Waals surface area contributed by atoms with Crippen molar-refractivity contribution in [2.75, 3.05) is 13.2 Å². The van der Waals surface area contributed by atoms with Crippen molar-refractivity contribution in [1.29, 1.82) is 0 Å². The van der Waals surface area contributed by atoms with Crippen molar-refractivity contribution < 1.29 is 9.63 Å². The number of aryl methyl sites for hydroxylation is 1. The summed E-state index contributed by atoms with van der Waals surface area (Å²) in [4.78, 5) is 6.78. The maximum absolute atomic E-state index is 8.95. The van der Waals surface area contributed by atoms with Crippen LogP contribution in [0.2, 0.25) is 0 Å². The van der Waals surface area contributed by atoms with Crippen molar-refractivity contribution in [3.05, 3.63) is 11.7 Å². The molecule has 0 amide bonds. The van der Waals surface area contributed by atoms with Crippen LogP contribution in [0.3, 0.4) is 0 Å². The van der Waals surface area contributed by atoms with Crippen LogP contribution in [0.4, 0.5) is 0 Å². The Kier molecular flexibility index (Phi) is 5.13. The topological polar surface area (TPSA) is 62.4 Å². The molecule has 1 aromatic rings. The number of nitrogens with zero attached hydrogens (tertiary/aromatic N) is 3. The van der Waals surface area contributed by atoms with E-state index in [4.69, 9.17) is 9.63 Å². The van der Waals surface area contributed by atoms with Gasteiger partial charge in [-0.3, -0.25) is 4.90 Å². The summed E-state index contributed by atoms with van der Waals surface area (Å²) >= 11 is 0. The molecule has 0 aromatic carbocycles. The fraction of sp³-hybridized carbons (Fsp3) is 0.846. The average molecular weight is 253 g/mol. The van der Waals surface area contributed by atoms with Crippen molar-refractivity contribution in [2.24, 2.45) is 0 Å². The van der Waals surface area contributed by atoms with Gasteiger partial charge in [-0.25, -0.2) is 0 Å². The van der Waals surface area contributed by atoms with Gasteiger partial charge in [-0.2, -0.15) is 4.98 Å². The Morgan fingerprint density at radius 1 is 1.44 bits per heavy atom. The maximum Gasteiger partial charge on any atom is 0.226 e. The van der Waals surface area contributed by atoms with Gasteiger partial charge < -0.3 is 9.63 Å². The monoisotopic (exact) mass is 253 g/mol. The standard InChI is InChI=1S/C13H23N3O2/c1-2-5-13-14-12(15-18-13)10-16(8-4-9-17)11-6-3-7-11/h11,17H,2-10H2,1H3. The third kappa shape index (κ3) is 3.53. The normalized spacial score (nSPS) is 16.2. The molecule has 5 heteroatoms. The Morgan fingerprint density at radius 2 is 2.28 bits per heavy atom. The molecule has 5 nitrogen and oxygen atoms in total. The number of aromatic nitrogens is 2. The minimum atomic E-state index is 0.247. The number of hydrogen-bond acceptors (Lipinski definition) is 5. The molecule has 1 aromatic heterocycles. The van der Waals surface area contributed by atoms with Crippen LogP contribution < -0.4 is 0 Å². The van der Waals surface area contributed by atoms with Crippen LogP contribution in [0, 0.1) is 0 Å². The highest BCUT2D eigenvalue weighted by molar-refractivity contribution is 4.89. The van der Waals surface area contributed by atoms with E-state index in [2.05, 4.69) is 22.0 Å². The third-order valence-corrected chi connectivity index (χ3v) is 3.51. The van der Waals surface area contributed by atoms with Gasteiger partial charge in [0.25, 0.3) is 0 Å². The van der Waals surface area contributed by atoms with Crippen LogP contribution in [0.5, 0.6) is 0 Å². The quantitative estimate of drug-likeness (QED) is 0.765. The first-order chi connectivity index (χ1) is 8.83. The number of aliphatic hydroxyl groups is 1. The van der Waals surface area contributed by atoms with Crippen LogP contribution >= 0.6 is 0 Å². The second-order valence-electron chi connectivity index (χ2n) is 4.99. The van der Waals surface area contributed by atoms with E-state index in [-0.39, 0.29) is 6.61 Å². The summed E-state index contributed by atoms with van der Waals surface area (Å²) in [5.74, 6) is 1.52. The molecular formula is C13H23N3O2. The Bertz CT molecular complexity index is 350. The van der Waals surface area contributed by atoms with E-state index < -0.39 is 0 Å². The lowest BCUT2D eigenvalue weighted by Gasteiger charge is -2.36. The first kappa shape index (κ1) is 13.5. The van der Waals surface area contributed by atoms with Crippen LogP contribution in [0.15, 0.2) is 4.52 Å². The molecule has 0 unspecified atom stereocenters. The van der Waals surface area contributed by atoms with Gasteiger partial charge >= 0.3 is 0 Å². The lowest BCUT2D eigenvalue weighted by atomic mass is 9.91. The van der Waals surface area contributed by atoms with Gasteiger partial charge in [0, 0.05) is 25.6 Å². The van der Waals surface area contributed by atoms with E-state index in [1.54, 1.807) is 0 Å². The Balaban J connectivity index is 1.89. The van der Waals surface area contributed by atoms with E-state index in [9.17, 15) is 0 Å². The van der Waals surface area contributed by atoms with E-state index in [1.165, 1.54) is 19.3 Å². The van der Waals surface area contributed by atoms with Crippen molar-refractivity contribution in [3.8, 4) is 0 Å². The first-order valence-electron chi connectivity index (χ1n) is 7.00. The number of aliphatic hydroxyl groups excluding tert-OH is 1. The first-order valence-corrected chi connectivity index (χ1v) is 7.00. The second-order valence-corrected chi connectivity index (χ2v) is 4.99. The number of rotatable bonds is 8. The Hall–Kier alpha value is -0.940. The zero-order valence-corrected chi connectivity index (χ0v) is 11.1. The van der Waals surface area contributed by atoms with Gasteiger partial charge in [0.05, 0.1) is 6.54 Å². The minimum Gasteiger partial charge on any atom is -0.396 e. The van der Waals surface area contributed by atoms with Gasteiger partial charge in [0.15, 0.2) is 5.82 Å². The maximum atomic E-state index is 8.95. The average Bonchev–Trinajstić information content (AvgIpc) is 2.72. The zero-order chi connectivity index (χ0) is 12.8. The van der Waals surface area contributed by atoms with Crippen LogP contribution in [0.25, 0.3) is 0 Å². The van der Waals surface area contributed by atoms with E-state index in [0.717, 1.165) is 44.1 Å². The summed E-state index contributed by atoms with van der Waals surface area (Å²) < 4.78 is 5.20. The summed E-state index contributed by atoms with van der Waals surface area (Å²) in [6, 6.07) is 0.643. The SMILES string of the molecule is CCCc1nc(CN(CCCO)C2CCC2)no1. The fourth-order valence-electron chi connectivity index (χ4n) is 2.27. The van der Waals surface area contributed by atoms with E-state index in [0.29, 0.717) is 6.04 Å². The van der Waals surface area contributed by atoms with Gasteiger partial charge in [-0.1, -0.05) is 18.5 Å². The highest BCUT2D eigenvalue weighted by atomic mass is 16.5. The fourth-order valence-corrected chi connectivity index (χ4v) is 2.27. The molecule has 0 spiro atoms. The molecule has 102 valence electrons. The summed E-state index contributed by atoms with van der Waals surface area (Å²) in [5, 5.41) is 13.0. The molecule has 18 heavy (non-hydrogen) atoms. The molecule has 0 saturated heterocycles. The van der Waals surface area contributed by atoms with E-state index >= 15 is 0 Å². The smallest absolute Gasteiger partial charge is 0.226 e. The molecule has 1 N–H and O–H groups in total. The predicted octanol–water partition coefficient (Wildman–Crippen LogP) is 1.76. The third-order valence-electron chi connectivity index (χ3n) is 3.51. The highest BCUT2D eigenvalue weighted by Crippen LogP contribution is 2.25. The lowest BCUT2D eigenvalue weighted by molar-refractivity contribution is 0.105. The molecule has 0 bridgehead atoms. The highest BCUT2D eigenvalue weighted by Gasteiger charge is 2.25. The van der Waals surface area contributed by atoms with Crippen LogP contribution in [-0.2, 0) is 13.0 Å². The van der Waals surface area contributed by atoms with E-state index in [1.807, 2.05) is 0 Å². The summed E-state index contributed by atoms with van der Waals surface area (Å²) in [6.07, 6.45) is 6.52. The van der Waals surface area contributed by atoms with Crippen LogP contribution in [0.1, 0.15) is 50.7 Å². The molecule has 2 rings (SSSR count). The van der Waals surface area contributed by atoms with Gasteiger partial charge in [0.2, 0.25) is 5.89 Å². The molecule has 1 heterocycles. The van der Waals surface area contributed by atoms with Crippen molar-refractivity contribution in [2.45, 2.75) is 58.0 Å². The zero-order valence-electron chi connectivity index (χ0n) is 11.1. The molecule has 1 fully saturated rings. The van der Waals surface area contributed by atoms with Crippen molar-refractivity contribution in [1.82, 2.24) is 15.0 Å². The molecule has 0 aliphatic heterocycles. The Labute approximate surface area is 108 Å². The number of hydrogen-bond donors (Lipinski definition) is 1. The largest absolute Gasteiger partial charge is 0.396 e. The van der Waals surface area contributed by atoms with Crippen LogP contribution in [-0.4, -0.2) is 39.3 Å². The lowest BCUT2D eigenvalue weighted by Crippen LogP contribution is -2.40. The molecular weight excluding hydrogens is 230 g/mol. The molecule has 1 saturated carbocycles. The minimum absolute atomic E-state index is 0.247. The summed E-state index contributed by atoms with van der Waals surface area (Å²) in [7, 11) is 0. The van der Waals surface area contributed by atoms with Gasteiger partial charge in [0.1, 0.15) is 0 Å². The molecule has 1 aliphatic rings. The van der Waals surface area contributed by atoms with Gasteiger partial charge in [-0.05, 0) is 25.7 Å². The summed E-state index contributed by atoms with van der Waals surface area (Å²) in [5.41, 5.74) is 0. The van der Waals surface area contributed by atoms with Gasteiger partial charge in [-0.15, -0.1) is 0 Å². The predicted molar refractivity (Wildman–Crippen MR) is 68.0 cm³/mol. The summed E-state index contributed by atoms with van der Waals surface area (Å²) in [6.45, 7) is 4.01. The molecule has 0 atom stereocenters. The van der Waals surface area contributed by atoms with Crippen molar-refractivity contribution >= 4 is 0 Å². The molecule has 0 radical (unpaired) electrons. The Morgan fingerprint density at radius 3 is 2.89 bits per heavy atom. The second kappa shape index (κ2) is 6.85. The molecule has 1 aliphatic carbocycles. The van der Waals surface area contributed by atoms with Crippen molar-refractivity contribution in [3.63, 3.8) is 0 Å².